The molecule has 0 radical (unpaired) electrons. The first kappa shape index (κ1) is 20.7. The number of allylic oxidation sites excluding steroid dienone is 4. The molecular weight excluding hydrogens is 292 g/mol. The van der Waals surface area contributed by atoms with Crippen molar-refractivity contribution in [1.29, 1.82) is 0 Å². The van der Waals surface area contributed by atoms with Crippen LogP contribution in [0.3, 0.4) is 0 Å². The summed E-state index contributed by atoms with van der Waals surface area (Å²) in [4.78, 5) is 11.4. The second-order valence-electron chi connectivity index (χ2n) is 6.29. The third-order valence-electron chi connectivity index (χ3n) is 2.92. The highest BCUT2D eigenvalue weighted by Crippen LogP contribution is 2.17. The van der Waals surface area contributed by atoms with E-state index in [1.165, 1.54) is 0 Å². The second-order valence-corrected chi connectivity index (χ2v) is 10.7. The van der Waals surface area contributed by atoms with Crippen LogP contribution in [0.4, 0.5) is 0 Å². The monoisotopic (exact) mass is 324 g/mol. The van der Waals surface area contributed by atoms with E-state index in [0.29, 0.717) is 12.2 Å². The van der Waals surface area contributed by atoms with E-state index in [-0.39, 0.29) is 5.97 Å². The van der Waals surface area contributed by atoms with Crippen molar-refractivity contribution >= 4 is 14.3 Å². The maximum Gasteiger partial charge on any atom is 0.333 e. The van der Waals surface area contributed by atoms with Crippen molar-refractivity contribution in [3.8, 4) is 0 Å². The molecular formula is C18H32O3Si. The Morgan fingerprint density at radius 2 is 1.86 bits per heavy atom. The van der Waals surface area contributed by atoms with E-state index in [9.17, 15) is 4.79 Å². The molecule has 22 heavy (non-hydrogen) atoms. The van der Waals surface area contributed by atoms with Crippen LogP contribution in [0.2, 0.25) is 19.6 Å². The van der Waals surface area contributed by atoms with Crippen molar-refractivity contribution in [2.75, 3.05) is 6.61 Å². The maximum absolute atomic E-state index is 11.4. The number of ether oxygens (including phenoxy) is 1. The zero-order valence-corrected chi connectivity index (χ0v) is 15.9. The highest BCUT2D eigenvalue weighted by atomic mass is 28.4. The number of carbonyl (C=O) groups is 1. The number of hydrogen-bond acceptors (Lipinski definition) is 3. The van der Waals surface area contributed by atoms with Crippen LogP contribution >= 0.6 is 0 Å². The third-order valence-corrected chi connectivity index (χ3v) is 3.79. The molecule has 0 unspecified atom stereocenters. The van der Waals surface area contributed by atoms with Gasteiger partial charge in [0.1, 0.15) is 0 Å². The average Bonchev–Trinajstić information content (AvgIpc) is 2.41. The smallest absolute Gasteiger partial charge is 0.333 e. The molecule has 126 valence electrons. The van der Waals surface area contributed by atoms with Gasteiger partial charge in [0.2, 0.25) is 8.32 Å². The van der Waals surface area contributed by atoms with Crippen LogP contribution in [-0.2, 0) is 14.0 Å². The Hall–Kier alpha value is -1.29. The van der Waals surface area contributed by atoms with Crippen LogP contribution in [0, 0.1) is 0 Å². The van der Waals surface area contributed by atoms with Gasteiger partial charge in [0, 0.05) is 12.0 Å². The third kappa shape index (κ3) is 11.4. The van der Waals surface area contributed by atoms with Crippen molar-refractivity contribution in [3.05, 3.63) is 36.1 Å². The Bertz CT molecular complexity index is 403. The Labute approximate surface area is 137 Å². The minimum absolute atomic E-state index is 0.206. The number of carbonyl (C=O) groups excluding carboxylic acids is 1. The van der Waals surface area contributed by atoms with Crippen molar-refractivity contribution in [2.24, 2.45) is 0 Å². The molecule has 0 amide bonds. The fourth-order valence-electron chi connectivity index (χ4n) is 1.96. The molecule has 0 fully saturated rings. The maximum atomic E-state index is 11.4. The summed E-state index contributed by atoms with van der Waals surface area (Å²) >= 11 is 0. The summed E-state index contributed by atoms with van der Waals surface area (Å²) in [7, 11) is -1.55. The highest BCUT2D eigenvalue weighted by molar-refractivity contribution is 6.70. The number of esters is 1. The second kappa shape index (κ2) is 11.3. The molecule has 0 N–H and O–H groups in total. The van der Waals surface area contributed by atoms with Gasteiger partial charge in [-0.2, -0.15) is 0 Å². The molecule has 0 saturated heterocycles. The van der Waals surface area contributed by atoms with Gasteiger partial charge in [-0.1, -0.05) is 25.2 Å². The Morgan fingerprint density at radius 1 is 1.18 bits per heavy atom. The molecule has 0 spiro atoms. The molecule has 0 aromatic heterocycles. The first-order chi connectivity index (χ1) is 10.3. The molecule has 0 saturated carbocycles. The van der Waals surface area contributed by atoms with Gasteiger partial charge in [-0.3, -0.25) is 0 Å². The predicted octanol–water partition coefficient (Wildman–Crippen LogP) is 5.37. The Morgan fingerprint density at radius 3 is 2.41 bits per heavy atom. The predicted molar refractivity (Wildman–Crippen MR) is 96.2 cm³/mol. The number of rotatable bonds is 11. The Balaban J connectivity index is 4.01. The molecule has 0 aliphatic heterocycles. The Kier molecular flexibility index (Phi) is 10.6. The van der Waals surface area contributed by atoms with E-state index < -0.39 is 8.32 Å². The quantitative estimate of drug-likeness (QED) is 0.128. The molecule has 0 atom stereocenters. The van der Waals surface area contributed by atoms with E-state index in [0.717, 1.165) is 37.9 Å². The minimum Gasteiger partial charge on any atom is -0.547 e. The lowest BCUT2D eigenvalue weighted by Gasteiger charge is -2.21. The summed E-state index contributed by atoms with van der Waals surface area (Å²) in [6, 6.07) is 0. The summed E-state index contributed by atoms with van der Waals surface area (Å²) in [6.07, 6.45) is 10.9. The van der Waals surface area contributed by atoms with Gasteiger partial charge >= 0.3 is 5.97 Å². The fraction of sp³-hybridized carbons (Fsp3) is 0.611. The van der Waals surface area contributed by atoms with E-state index >= 15 is 0 Å². The van der Waals surface area contributed by atoms with Gasteiger partial charge in [0.15, 0.2) is 0 Å². The van der Waals surface area contributed by atoms with Gasteiger partial charge in [-0.05, 0) is 58.8 Å². The summed E-state index contributed by atoms with van der Waals surface area (Å²) in [5.41, 5.74) is 0.705. The molecule has 0 aromatic carbocycles. The molecule has 0 rings (SSSR count). The van der Waals surface area contributed by atoms with Gasteiger partial charge in [0.25, 0.3) is 0 Å². The van der Waals surface area contributed by atoms with Crippen molar-refractivity contribution < 1.29 is 14.0 Å². The lowest BCUT2D eigenvalue weighted by atomic mass is 10.1. The molecule has 0 aliphatic carbocycles. The molecule has 4 heteroatoms. The van der Waals surface area contributed by atoms with Gasteiger partial charge in [-0.25, -0.2) is 4.79 Å². The zero-order chi connectivity index (χ0) is 17.0. The largest absolute Gasteiger partial charge is 0.547 e. The van der Waals surface area contributed by atoms with E-state index in [4.69, 9.17) is 9.16 Å². The molecule has 0 heterocycles. The van der Waals surface area contributed by atoms with Crippen molar-refractivity contribution in [1.82, 2.24) is 0 Å². The summed E-state index contributed by atoms with van der Waals surface area (Å²) in [6.45, 7) is 14.4. The van der Waals surface area contributed by atoms with Crippen LogP contribution in [0.5, 0.6) is 0 Å². The van der Waals surface area contributed by atoms with E-state index in [1.54, 1.807) is 6.08 Å². The van der Waals surface area contributed by atoms with Crippen LogP contribution in [0.25, 0.3) is 0 Å². The molecule has 0 bridgehead atoms. The topological polar surface area (TPSA) is 35.5 Å². The van der Waals surface area contributed by atoms with Gasteiger partial charge in [-0.15, -0.1) is 0 Å². The first-order valence-corrected chi connectivity index (χ1v) is 11.6. The minimum atomic E-state index is -1.55. The van der Waals surface area contributed by atoms with Gasteiger partial charge < -0.3 is 9.16 Å². The molecule has 0 aliphatic rings. The van der Waals surface area contributed by atoms with Crippen LogP contribution in [0.15, 0.2) is 36.1 Å². The first-order valence-electron chi connectivity index (χ1n) is 8.14. The van der Waals surface area contributed by atoms with Crippen LogP contribution in [0.1, 0.15) is 46.0 Å². The lowest BCUT2D eigenvalue weighted by molar-refractivity contribution is -0.138. The highest BCUT2D eigenvalue weighted by Gasteiger charge is 2.17. The van der Waals surface area contributed by atoms with Crippen molar-refractivity contribution in [3.63, 3.8) is 0 Å². The number of unbranched alkanes of at least 4 members (excludes halogenated alkanes) is 3. The molecule has 3 nitrogen and oxygen atoms in total. The summed E-state index contributed by atoms with van der Waals surface area (Å²) in [5, 5.41) is 0. The SMILES string of the molecule is C=C/C=C(/CCCCC/C=C(\C)C(=O)OCC)O[Si](C)(C)C. The van der Waals surface area contributed by atoms with Gasteiger partial charge in [0.05, 0.1) is 12.4 Å². The van der Waals surface area contributed by atoms with E-state index in [2.05, 4.69) is 26.2 Å². The lowest BCUT2D eigenvalue weighted by Crippen LogP contribution is -2.24. The van der Waals surface area contributed by atoms with Crippen LogP contribution in [-0.4, -0.2) is 20.9 Å². The van der Waals surface area contributed by atoms with E-state index in [1.807, 2.05) is 26.0 Å². The fourth-order valence-corrected chi connectivity index (χ4v) is 2.92. The summed E-state index contributed by atoms with van der Waals surface area (Å²) < 4.78 is 11.0. The summed E-state index contributed by atoms with van der Waals surface area (Å²) in [5.74, 6) is 0.842. The average molecular weight is 325 g/mol. The number of hydrogen-bond donors (Lipinski definition) is 0. The zero-order valence-electron chi connectivity index (χ0n) is 14.9. The normalized spacial score (nSPS) is 13.0. The molecule has 0 aromatic rings. The van der Waals surface area contributed by atoms with Crippen molar-refractivity contribution in [2.45, 2.75) is 65.6 Å². The standard InChI is InChI=1S/C18H32O3Si/c1-7-13-17(21-22(4,5)6)15-12-10-9-11-14-16(3)18(19)20-8-2/h7,13-14H,1,8-12,15H2,2-6H3/b16-14+,17-13-. The van der Waals surface area contributed by atoms with Crippen LogP contribution < -0.4 is 0 Å².